The highest BCUT2D eigenvalue weighted by Crippen LogP contribution is 2.26. The third-order valence-corrected chi connectivity index (χ3v) is 4.73. The van der Waals surface area contributed by atoms with Crippen molar-refractivity contribution >= 4 is 23.7 Å². The molecule has 2 amide bonds. The summed E-state index contributed by atoms with van der Waals surface area (Å²) in [6.07, 6.45) is 2.58. The average molecular weight is 434 g/mol. The van der Waals surface area contributed by atoms with Crippen LogP contribution < -0.4 is 20.1 Å². The molecule has 0 fully saturated rings. The number of benzene rings is 2. The van der Waals surface area contributed by atoms with Gasteiger partial charge in [0.25, 0.3) is 0 Å². The van der Waals surface area contributed by atoms with Crippen LogP contribution in [0.5, 0.6) is 11.6 Å². The molecule has 0 radical (unpaired) electrons. The molecule has 0 atom stereocenters. The molecule has 3 rings (SSSR count). The molecule has 7 nitrogen and oxygen atoms in total. The topological polar surface area (TPSA) is 89.5 Å². The Morgan fingerprint density at radius 1 is 1.03 bits per heavy atom. The summed E-state index contributed by atoms with van der Waals surface area (Å²) in [4.78, 5) is 27.7. The van der Waals surface area contributed by atoms with Gasteiger partial charge in [0.05, 0.1) is 18.2 Å². The molecular weight excluding hydrogens is 406 g/mol. The first-order chi connectivity index (χ1) is 15.3. The first-order valence-corrected chi connectivity index (χ1v) is 10.2. The zero-order valence-electron chi connectivity index (χ0n) is 18.6. The van der Waals surface area contributed by atoms with Crippen molar-refractivity contribution in [1.29, 1.82) is 0 Å². The van der Waals surface area contributed by atoms with Crippen LogP contribution in [0.25, 0.3) is 11.1 Å². The number of carbonyl (C=O) groups is 2. The number of pyridine rings is 1. The number of rotatable bonds is 8. The van der Waals surface area contributed by atoms with Gasteiger partial charge in [0.15, 0.2) is 0 Å². The average Bonchev–Trinajstić information content (AvgIpc) is 2.79. The first kappa shape index (κ1) is 22.8. The van der Waals surface area contributed by atoms with E-state index in [4.69, 9.17) is 9.47 Å². The van der Waals surface area contributed by atoms with Crippen molar-refractivity contribution in [2.45, 2.75) is 20.8 Å². The predicted molar refractivity (Wildman–Crippen MR) is 125 cm³/mol. The molecule has 1 aromatic heterocycles. The van der Waals surface area contributed by atoms with Gasteiger partial charge >= 0.3 is 6.03 Å². The fourth-order valence-corrected chi connectivity index (χ4v) is 2.88. The molecule has 2 aromatic carbocycles. The van der Waals surface area contributed by atoms with E-state index in [0.717, 1.165) is 23.0 Å². The molecule has 0 saturated heterocycles. The van der Waals surface area contributed by atoms with Crippen molar-refractivity contribution in [1.82, 2.24) is 4.98 Å². The third kappa shape index (κ3) is 6.07. The molecule has 2 N–H and O–H groups in total. The van der Waals surface area contributed by atoms with E-state index >= 15 is 0 Å². The SMILES string of the molecule is COc1ccc(C)cc1NC(=O)Nc1ccc(-c2ccc(OCC(C)(C)C=O)nc2)cc1. The van der Waals surface area contributed by atoms with Gasteiger partial charge in [-0.2, -0.15) is 0 Å². The van der Waals surface area contributed by atoms with Gasteiger partial charge in [0, 0.05) is 23.5 Å². The summed E-state index contributed by atoms with van der Waals surface area (Å²) in [6, 6.07) is 16.3. The normalized spacial score (nSPS) is 10.9. The van der Waals surface area contributed by atoms with Crippen LogP contribution in [0.4, 0.5) is 16.2 Å². The van der Waals surface area contributed by atoms with Gasteiger partial charge < -0.3 is 24.9 Å². The maximum Gasteiger partial charge on any atom is 0.323 e. The molecule has 0 aliphatic heterocycles. The van der Waals surface area contributed by atoms with Crippen molar-refractivity contribution in [2.75, 3.05) is 24.4 Å². The van der Waals surface area contributed by atoms with Crippen molar-refractivity contribution in [2.24, 2.45) is 5.41 Å². The summed E-state index contributed by atoms with van der Waals surface area (Å²) in [6.45, 7) is 5.82. The quantitative estimate of drug-likeness (QED) is 0.470. The maximum absolute atomic E-state index is 12.4. The standard InChI is InChI=1S/C25H27N3O4/c1-17-5-11-22(31-4)21(13-17)28-24(30)27-20-9-6-18(7-10-20)19-8-12-23(26-14-19)32-16-25(2,3)15-29/h5-15H,16H2,1-4H3,(H2,27,28,30). The summed E-state index contributed by atoms with van der Waals surface area (Å²) in [7, 11) is 1.56. The number of urea groups is 1. The number of hydrogen-bond donors (Lipinski definition) is 2. The Bertz CT molecular complexity index is 1080. The maximum atomic E-state index is 12.4. The zero-order valence-corrected chi connectivity index (χ0v) is 18.6. The van der Waals surface area contributed by atoms with Crippen LogP contribution in [0, 0.1) is 12.3 Å². The van der Waals surface area contributed by atoms with Gasteiger partial charge in [-0.1, -0.05) is 18.2 Å². The number of nitrogens with one attached hydrogen (secondary N) is 2. The number of aromatic nitrogens is 1. The van der Waals surface area contributed by atoms with Gasteiger partial charge in [-0.05, 0) is 62.2 Å². The highest BCUT2D eigenvalue weighted by atomic mass is 16.5. The number of ether oxygens (including phenoxy) is 2. The number of anilines is 2. The molecule has 0 aliphatic carbocycles. The summed E-state index contributed by atoms with van der Waals surface area (Å²) in [5.41, 5.74) is 3.58. The second kappa shape index (κ2) is 9.96. The van der Waals surface area contributed by atoms with Gasteiger partial charge in [0.1, 0.15) is 18.6 Å². The minimum absolute atomic E-state index is 0.264. The van der Waals surface area contributed by atoms with Crippen LogP contribution in [0.15, 0.2) is 60.8 Å². The number of aryl methyl sites for hydroxylation is 1. The Hall–Kier alpha value is -3.87. The fourth-order valence-electron chi connectivity index (χ4n) is 2.88. The monoisotopic (exact) mass is 433 g/mol. The van der Waals surface area contributed by atoms with Gasteiger partial charge in [-0.15, -0.1) is 0 Å². The van der Waals surface area contributed by atoms with Crippen LogP contribution in [0.2, 0.25) is 0 Å². The number of carbonyl (C=O) groups excluding carboxylic acids is 2. The fraction of sp³-hybridized carbons (Fsp3) is 0.240. The van der Waals surface area contributed by atoms with Crippen molar-refractivity contribution in [3.8, 4) is 22.8 Å². The van der Waals surface area contributed by atoms with Crippen molar-refractivity contribution in [3.63, 3.8) is 0 Å². The number of hydrogen-bond acceptors (Lipinski definition) is 5. The Morgan fingerprint density at radius 3 is 2.38 bits per heavy atom. The molecule has 3 aromatic rings. The molecule has 0 saturated carbocycles. The lowest BCUT2D eigenvalue weighted by Crippen LogP contribution is -2.22. The lowest BCUT2D eigenvalue weighted by atomic mass is 9.98. The summed E-state index contributed by atoms with van der Waals surface area (Å²) in [5, 5.41) is 5.62. The zero-order chi connectivity index (χ0) is 23.1. The third-order valence-electron chi connectivity index (χ3n) is 4.73. The van der Waals surface area contributed by atoms with Crippen molar-refractivity contribution in [3.05, 3.63) is 66.4 Å². The molecule has 7 heteroatoms. The van der Waals surface area contributed by atoms with Crippen LogP contribution in [-0.4, -0.2) is 31.0 Å². The predicted octanol–water partition coefficient (Wildman–Crippen LogP) is 5.31. The highest BCUT2D eigenvalue weighted by Gasteiger charge is 2.17. The van der Waals surface area contributed by atoms with Crippen LogP contribution >= 0.6 is 0 Å². The van der Waals surface area contributed by atoms with Crippen LogP contribution in [-0.2, 0) is 4.79 Å². The van der Waals surface area contributed by atoms with E-state index < -0.39 is 5.41 Å². The lowest BCUT2D eigenvalue weighted by Gasteiger charge is -2.16. The lowest BCUT2D eigenvalue weighted by molar-refractivity contribution is -0.116. The molecule has 166 valence electrons. The van der Waals surface area contributed by atoms with E-state index in [1.54, 1.807) is 19.4 Å². The van der Waals surface area contributed by atoms with Gasteiger partial charge in [-0.3, -0.25) is 0 Å². The van der Waals surface area contributed by atoms with Crippen LogP contribution in [0.1, 0.15) is 19.4 Å². The molecule has 0 spiro atoms. The van der Waals surface area contributed by atoms with E-state index in [1.165, 1.54) is 0 Å². The van der Waals surface area contributed by atoms with E-state index in [2.05, 4.69) is 15.6 Å². The van der Waals surface area contributed by atoms with E-state index in [9.17, 15) is 9.59 Å². The Morgan fingerprint density at radius 2 is 1.75 bits per heavy atom. The minimum atomic E-state index is -0.556. The Labute approximate surface area is 187 Å². The number of aldehydes is 1. The largest absolute Gasteiger partial charge is 0.495 e. The number of methoxy groups -OCH3 is 1. The second-order valence-electron chi connectivity index (χ2n) is 8.14. The molecule has 1 heterocycles. The number of amides is 2. The van der Waals surface area contributed by atoms with Crippen LogP contribution in [0.3, 0.4) is 0 Å². The number of nitrogens with zero attached hydrogens (tertiary/aromatic N) is 1. The minimum Gasteiger partial charge on any atom is -0.495 e. The molecule has 0 bridgehead atoms. The molecular formula is C25H27N3O4. The molecule has 32 heavy (non-hydrogen) atoms. The second-order valence-corrected chi connectivity index (χ2v) is 8.14. The van der Waals surface area contributed by atoms with E-state index in [-0.39, 0.29) is 12.6 Å². The molecule has 0 aliphatic rings. The first-order valence-electron chi connectivity index (χ1n) is 10.2. The van der Waals surface area contributed by atoms with E-state index in [0.29, 0.717) is 23.0 Å². The molecule has 0 unspecified atom stereocenters. The van der Waals surface area contributed by atoms with Gasteiger partial charge in [0.2, 0.25) is 5.88 Å². The summed E-state index contributed by atoms with van der Waals surface area (Å²) < 4.78 is 10.9. The van der Waals surface area contributed by atoms with Gasteiger partial charge in [-0.25, -0.2) is 9.78 Å². The smallest absolute Gasteiger partial charge is 0.323 e. The highest BCUT2D eigenvalue weighted by molar-refractivity contribution is 6.00. The summed E-state index contributed by atoms with van der Waals surface area (Å²) >= 11 is 0. The van der Waals surface area contributed by atoms with E-state index in [1.807, 2.05) is 69.3 Å². The summed E-state index contributed by atoms with van der Waals surface area (Å²) in [5.74, 6) is 1.06. The van der Waals surface area contributed by atoms with Crippen molar-refractivity contribution < 1.29 is 19.1 Å². The Balaban J connectivity index is 1.61. The Kier molecular flexibility index (Phi) is 7.10.